The highest BCUT2D eigenvalue weighted by atomic mass is 32.2. The first-order valence-corrected chi connectivity index (χ1v) is 9.68. The van der Waals surface area contributed by atoms with Gasteiger partial charge in [0.05, 0.1) is 7.11 Å². The number of carbonyl (C=O) groups excluding carboxylic acids is 1. The van der Waals surface area contributed by atoms with Crippen LogP contribution in [0.3, 0.4) is 0 Å². The van der Waals surface area contributed by atoms with Crippen molar-refractivity contribution < 1.29 is 22.7 Å². The lowest BCUT2D eigenvalue weighted by Gasteiger charge is -2.26. The molecule has 1 N–H and O–H groups in total. The van der Waals surface area contributed by atoms with Gasteiger partial charge in [-0.15, -0.1) is 0 Å². The van der Waals surface area contributed by atoms with Crippen LogP contribution >= 0.6 is 12.6 Å². The smallest absolute Gasteiger partial charge is 0.339 e. The van der Waals surface area contributed by atoms with Crippen LogP contribution in [0.25, 0.3) is 0 Å². The van der Waals surface area contributed by atoms with E-state index >= 15 is 0 Å². The second-order valence-corrected chi connectivity index (χ2v) is 8.41. The van der Waals surface area contributed by atoms with Gasteiger partial charge in [0.2, 0.25) is 0 Å². The first-order chi connectivity index (χ1) is 10.8. The number of hydrogen-bond donors (Lipinski definition) is 2. The van der Waals surface area contributed by atoms with Gasteiger partial charge in [0.15, 0.2) is 21.4 Å². The van der Waals surface area contributed by atoms with Crippen molar-refractivity contribution in [3.05, 3.63) is 35.9 Å². The third-order valence-corrected chi connectivity index (χ3v) is 5.36. The predicted molar refractivity (Wildman–Crippen MR) is 90.1 cm³/mol. The molecular weight excluding hydrogens is 338 g/mol. The zero-order valence-corrected chi connectivity index (χ0v) is 14.7. The Kier molecular flexibility index (Phi) is 6.07. The summed E-state index contributed by atoms with van der Waals surface area (Å²) in [5, 5.41) is 3.15. The first-order valence-electron chi connectivity index (χ1n) is 7.21. The Morgan fingerprint density at radius 1 is 1.35 bits per heavy atom. The summed E-state index contributed by atoms with van der Waals surface area (Å²) in [6.07, 6.45) is 0.551. The average Bonchev–Trinajstić information content (AvgIpc) is 2.93. The van der Waals surface area contributed by atoms with E-state index in [0.717, 1.165) is 6.26 Å². The molecule has 23 heavy (non-hydrogen) atoms. The van der Waals surface area contributed by atoms with E-state index < -0.39 is 33.4 Å². The summed E-state index contributed by atoms with van der Waals surface area (Å²) in [6, 6.07) is 8.29. The highest BCUT2D eigenvalue weighted by Gasteiger charge is 2.39. The lowest BCUT2D eigenvalue weighted by Crippen LogP contribution is -2.43. The van der Waals surface area contributed by atoms with Crippen LogP contribution < -0.4 is 5.32 Å². The molecule has 4 atom stereocenters. The Hall–Kier alpha value is -1.09. The first kappa shape index (κ1) is 18.3. The monoisotopic (exact) mass is 359 g/mol. The number of ether oxygens (including phenoxy) is 2. The third-order valence-electron chi connectivity index (χ3n) is 3.68. The van der Waals surface area contributed by atoms with Crippen LogP contribution in [-0.2, 0) is 24.1 Å². The van der Waals surface area contributed by atoms with Gasteiger partial charge in [0, 0.05) is 24.1 Å². The molecule has 0 radical (unpaired) electrons. The van der Waals surface area contributed by atoms with E-state index in [1.54, 1.807) is 30.3 Å². The van der Waals surface area contributed by atoms with Gasteiger partial charge in [-0.05, 0) is 12.0 Å². The molecule has 0 amide bonds. The fraction of sp³-hybridized carbons (Fsp3) is 0.533. The maximum atomic E-state index is 12.2. The molecule has 0 bridgehead atoms. The molecule has 1 heterocycles. The fourth-order valence-electron chi connectivity index (χ4n) is 2.59. The molecule has 1 aromatic carbocycles. The van der Waals surface area contributed by atoms with Crippen molar-refractivity contribution in [1.29, 1.82) is 0 Å². The Morgan fingerprint density at radius 2 is 2.00 bits per heavy atom. The molecule has 0 saturated carbocycles. The maximum absolute atomic E-state index is 12.2. The quantitative estimate of drug-likeness (QED) is 0.581. The SMILES string of the molecule is COC(=O)[C@H](OC([C@@H]1C[C@@H](S)CN1)S(C)(=O)=O)c1ccccc1. The molecule has 1 unspecified atom stereocenters. The molecule has 6 nitrogen and oxygen atoms in total. The van der Waals surface area contributed by atoms with Crippen molar-refractivity contribution in [3.8, 4) is 0 Å². The minimum atomic E-state index is -3.54. The molecule has 1 aliphatic heterocycles. The van der Waals surface area contributed by atoms with Gasteiger partial charge in [0.1, 0.15) is 0 Å². The molecule has 1 saturated heterocycles. The largest absolute Gasteiger partial charge is 0.467 e. The van der Waals surface area contributed by atoms with E-state index in [0.29, 0.717) is 18.5 Å². The molecule has 0 aromatic heterocycles. The fourth-order valence-corrected chi connectivity index (χ4v) is 4.04. The number of esters is 1. The second-order valence-electron chi connectivity index (χ2n) is 5.55. The Labute approximate surface area is 141 Å². The van der Waals surface area contributed by atoms with Gasteiger partial charge in [-0.3, -0.25) is 0 Å². The van der Waals surface area contributed by atoms with E-state index in [4.69, 9.17) is 9.47 Å². The number of rotatable bonds is 6. The molecule has 1 aromatic rings. The van der Waals surface area contributed by atoms with Gasteiger partial charge in [-0.25, -0.2) is 13.2 Å². The van der Waals surface area contributed by atoms with Crippen molar-refractivity contribution in [2.45, 2.75) is 29.3 Å². The molecule has 2 rings (SSSR count). The van der Waals surface area contributed by atoms with Gasteiger partial charge < -0.3 is 14.8 Å². The van der Waals surface area contributed by atoms with E-state index in [1.807, 2.05) is 0 Å². The average molecular weight is 359 g/mol. The number of carbonyl (C=O) groups is 1. The number of nitrogens with one attached hydrogen (secondary N) is 1. The van der Waals surface area contributed by atoms with Crippen LogP contribution in [0.1, 0.15) is 18.1 Å². The summed E-state index contributed by atoms with van der Waals surface area (Å²) in [4.78, 5) is 12.1. The van der Waals surface area contributed by atoms with Crippen LogP contribution in [0, 0.1) is 0 Å². The summed E-state index contributed by atoms with van der Waals surface area (Å²) >= 11 is 4.36. The van der Waals surface area contributed by atoms with Crippen molar-refractivity contribution in [2.75, 3.05) is 19.9 Å². The normalized spacial score (nSPS) is 24.1. The van der Waals surface area contributed by atoms with Gasteiger partial charge in [0.25, 0.3) is 0 Å². The number of hydrogen-bond acceptors (Lipinski definition) is 7. The molecule has 8 heteroatoms. The lowest BCUT2D eigenvalue weighted by atomic mass is 10.1. The van der Waals surface area contributed by atoms with Crippen molar-refractivity contribution >= 4 is 28.4 Å². The lowest BCUT2D eigenvalue weighted by molar-refractivity contribution is -0.156. The molecular formula is C15H21NO5S2. The zero-order valence-electron chi connectivity index (χ0n) is 13.0. The summed E-state index contributed by atoms with van der Waals surface area (Å²) in [5.74, 6) is -0.634. The Bertz CT molecular complexity index is 635. The molecule has 1 aliphatic rings. The van der Waals surface area contributed by atoms with Crippen LogP contribution in [-0.4, -0.2) is 51.0 Å². The van der Waals surface area contributed by atoms with Crippen LogP contribution in [0.5, 0.6) is 0 Å². The van der Waals surface area contributed by atoms with Crippen molar-refractivity contribution in [3.63, 3.8) is 0 Å². The standard InChI is InChI=1S/C15H21NO5S2/c1-20-14(17)13(10-6-4-3-5-7-10)21-15(23(2,18)19)12-8-11(22)9-16-12/h3-7,11-13,15-16,22H,8-9H2,1-2H3/t11-,12+,13-,15?/m1/s1. The minimum Gasteiger partial charge on any atom is -0.467 e. The van der Waals surface area contributed by atoms with Crippen molar-refractivity contribution in [2.24, 2.45) is 0 Å². The van der Waals surface area contributed by atoms with E-state index in [1.165, 1.54) is 7.11 Å². The number of benzene rings is 1. The zero-order chi connectivity index (χ0) is 17.0. The van der Waals surface area contributed by atoms with Gasteiger partial charge in [-0.1, -0.05) is 30.3 Å². The summed E-state index contributed by atoms with van der Waals surface area (Å²) < 4.78 is 34.8. The Balaban J connectivity index is 2.29. The summed E-state index contributed by atoms with van der Waals surface area (Å²) in [7, 11) is -2.30. The van der Waals surface area contributed by atoms with Gasteiger partial charge >= 0.3 is 5.97 Å². The van der Waals surface area contributed by atoms with E-state index in [2.05, 4.69) is 17.9 Å². The Morgan fingerprint density at radius 3 is 2.48 bits per heavy atom. The number of thiol groups is 1. The molecule has 1 fully saturated rings. The second kappa shape index (κ2) is 7.65. The summed E-state index contributed by atoms with van der Waals surface area (Å²) in [5.41, 5.74) is -0.600. The molecule has 0 spiro atoms. The molecule has 128 valence electrons. The maximum Gasteiger partial charge on any atom is 0.339 e. The predicted octanol–water partition coefficient (Wildman–Crippen LogP) is 0.948. The van der Waals surface area contributed by atoms with Gasteiger partial charge in [-0.2, -0.15) is 12.6 Å². The van der Waals surface area contributed by atoms with Crippen molar-refractivity contribution in [1.82, 2.24) is 5.32 Å². The topological polar surface area (TPSA) is 81.7 Å². The third kappa shape index (κ3) is 4.69. The highest BCUT2D eigenvalue weighted by molar-refractivity contribution is 7.91. The number of sulfone groups is 1. The minimum absolute atomic E-state index is 0.0566. The number of methoxy groups -OCH3 is 1. The van der Waals surface area contributed by atoms with Crippen LogP contribution in [0.15, 0.2) is 30.3 Å². The van der Waals surface area contributed by atoms with Crippen LogP contribution in [0.2, 0.25) is 0 Å². The van der Waals surface area contributed by atoms with Crippen LogP contribution in [0.4, 0.5) is 0 Å². The van der Waals surface area contributed by atoms with E-state index in [9.17, 15) is 13.2 Å². The van der Waals surface area contributed by atoms with E-state index in [-0.39, 0.29) is 5.25 Å². The summed E-state index contributed by atoms with van der Waals surface area (Å²) in [6.45, 7) is 0.595. The molecule has 0 aliphatic carbocycles. The highest BCUT2D eigenvalue weighted by Crippen LogP contribution is 2.27.